The SMILES string of the molecule is CN(C(=O)N1CCC(CC(=O)O)CC1)C1CCSC1. The van der Waals surface area contributed by atoms with Crippen molar-refractivity contribution in [2.24, 2.45) is 5.92 Å². The quantitative estimate of drug-likeness (QED) is 0.858. The third-order valence-corrected chi connectivity index (χ3v) is 5.25. The first-order valence-electron chi connectivity index (χ1n) is 6.89. The standard InChI is InChI=1S/C13H22N2O3S/c1-14(11-4-7-19-9-11)13(18)15-5-2-10(3-6-15)8-12(16)17/h10-11H,2-9H2,1H3,(H,16,17). The Kier molecular flexibility index (Phi) is 4.96. The van der Waals surface area contributed by atoms with Gasteiger partial charge in [0.25, 0.3) is 0 Å². The van der Waals surface area contributed by atoms with Crippen molar-refractivity contribution in [1.29, 1.82) is 0 Å². The Labute approximate surface area is 118 Å². The van der Waals surface area contributed by atoms with Gasteiger partial charge in [-0.2, -0.15) is 11.8 Å². The molecule has 2 fully saturated rings. The summed E-state index contributed by atoms with van der Waals surface area (Å²) in [6, 6.07) is 0.482. The molecule has 1 unspecified atom stereocenters. The van der Waals surface area contributed by atoms with Crippen LogP contribution in [-0.4, -0.2) is 64.6 Å². The number of thioether (sulfide) groups is 1. The second kappa shape index (κ2) is 6.50. The normalized spacial score (nSPS) is 24.5. The van der Waals surface area contributed by atoms with E-state index in [1.807, 2.05) is 28.6 Å². The van der Waals surface area contributed by atoms with E-state index in [9.17, 15) is 9.59 Å². The van der Waals surface area contributed by atoms with E-state index in [2.05, 4.69) is 0 Å². The maximum absolute atomic E-state index is 12.3. The van der Waals surface area contributed by atoms with E-state index in [0.717, 1.165) is 30.8 Å². The Balaban J connectivity index is 1.80. The minimum Gasteiger partial charge on any atom is -0.481 e. The van der Waals surface area contributed by atoms with Crippen LogP contribution in [0.5, 0.6) is 0 Å². The second-order valence-electron chi connectivity index (χ2n) is 5.44. The summed E-state index contributed by atoms with van der Waals surface area (Å²) in [6.07, 6.45) is 2.94. The lowest BCUT2D eigenvalue weighted by molar-refractivity contribution is -0.138. The van der Waals surface area contributed by atoms with Gasteiger partial charge >= 0.3 is 12.0 Å². The molecule has 1 atom stereocenters. The highest BCUT2D eigenvalue weighted by molar-refractivity contribution is 7.99. The molecule has 6 heteroatoms. The van der Waals surface area contributed by atoms with E-state index >= 15 is 0 Å². The van der Waals surface area contributed by atoms with Crippen LogP contribution in [0.25, 0.3) is 0 Å². The lowest BCUT2D eigenvalue weighted by atomic mass is 9.94. The molecule has 0 saturated carbocycles. The van der Waals surface area contributed by atoms with E-state index in [0.29, 0.717) is 19.1 Å². The van der Waals surface area contributed by atoms with Crippen molar-refractivity contribution < 1.29 is 14.7 Å². The Hall–Kier alpha value is -0.910. The summed E-state index contributed by atoms with van der Waals surface area (Å²) in [7, 11) is 1.89. The van der Waals surface area contributed by atoms with E-state index in [-0.39, 0.29) is 18.4 Å². The number of urea groups is 1. The number of carboxylic acids is 1. The van der Waals surface area contributed by atoms with Crippen LogP contribution >= 0.6 is 11.8 Å². The first-order chi connectivity index (χ1) is 9.08. The summed E-state index contributed by atoms with van der Waals surface area (Å²) >= 11 is 1.90. The molecular weight excluding hydrogens is 264 g/mol. The van der Waals surface area contributed by atoms with Crippen LogP contribution in [0.2, 0.25) is 0 Å². The fraction of sp³-hybridized carbons (Fsp3) is 0.846. The fourth-order valence-electron chi connectivity index (χ4n) is 2.78. The van der Waals surface area contributed by atoms with Crippen LogP contribution in [0.1, 0.15) is 25.7 Å². The predicted octanol–water partition coefficient (Wildman–Crippen LogP) is 1.73. The molecule has 19 heavy (non-hydrogen) atoms. The Bertz CT molecular complexity index is 337. The number of carbonyl (C=O) groups is 2. The average molecular weight is 286 g/mol. The molecule has 0 spiro atoms. The van der Waals surface area contributed by atoms with Crippen molar-refractivity contribution in [3.8, 4) is 0 Å². The molecule has 0 aliphatic carbocycles. The maximum atomic E-state index is 12.3. The van der Waals surface area contributed by atoms with Crippen LogP contribution in [-0.2, 0) is 4.79 Å². The van der Waals surface area contributed by atoms with Gasteiger partial charge < -0.3 is 14.9 Å². The van der Waals surface area contributed by atoms with Gasteiger partial charge in [0.15, 0.2) is 0 Å². The van der Waals surface area contributed by atoms with Gasteiger partial charge in [0.2, 0.25) is 0 Å². The van der Waals surface area contributed by atoms with Crippen molar-refractivity contribution in [2.75, 3.05) is 31.6 Å². The molecule has 2 aliphatic rings. The molecule has 0 aromatic carbocycles. The van der Waals surface area contributed by atoms with E-state index in [1.165, 1.54) is 0 Å². The van der Waals surface area contributed by atoms with Crippen LogP contribution in [0.3, 0.4) is 0 Å². The maximum Gasteiger partial charge on any atom is 0.320 e. The number of piperidine rings is 1. The minimum absolute atomic E-state index is 0.112. The number of carbonyl (C=O) groups excluding carboxylic acids is 1. The third kappa shape index (κ3) is 3.78. The molecule has 0 aromatic rings. The Morgan fingerprint density at radius 3 is 2.53 bits per heavy atom. The van der Waals surface area contributed by atoms with Gasteiger partial charge in [0.05, 0.1) is 0 Å². The zero-order valence-corrected chi connectivity index (χ0v) is 12.2. The minimum atomic E-state index is -0.732. The Morgan fingerprint density at radius 2 is 2.00 bits per heavy atom. The molecule has 0 radical (unpaired) electrons. The molecule has 2 amide bonds. The molecule has 2 aliphatic heterocycles. The molecule has 0 aromatic heterocycles. The number of likely N-dealkylation sites (tertiary alicyclic amines) is 1. The number of nitrogens with zero attached hydrogens (tertiary/aromatic N) is 2. The second-order valence-corrected chi connectivity index (χ2v) is 6.59. The highest BCUT2D eigenvalue weighted by Gasteiger charge is 2.30. The van der Waals surface area contributed by atoms with Gasteiger partial charge in [-0.05, 0) is 30.9 Å². The topological polar surface area (TPSA) is 60.9 Å². The molecule has 5 nitrogen and oxygen atoms in total. The zero-order chi connectivity index (χ0) is 13.8. The lowest BCUT2D eigenvalue weighted by Crippen LogP contribution is -2.48. The number of hydrogen-bond donors (Lipinski definition) is 1. The Morgan fingerprint density at radius 1 is 1.32 bits per heavy atom. The van der Waals surface area contributed by atoms with Crippen LogP contribution in [0.15, 0.2) is 0 Å². The fourth-order valence-corrected chi connectivity index (χ4v) is 4.05. The van der Waals surface area contributed by atoms with Gasteiger partial charge in [0, 0.05) is 38.4 Å². The van der Waals surface area contributed by atoms with Gasteiger partial charge in [0.1, 0.15) is 0 Å². The van der Waals surface area contributed by atoms with E-state index < -0.39 is 5.97 Å². The highest BCUT2D eigenvalue weighted by Crippen LogP contribution is 2.25. The van der Waals surface area contributed by atoms with Gasteiger partial charge in [-0.25, -0.2) is 4.79 Å². The summed E-state index contributed by atoms with van der Waals surface area (Å²) in [5.74, 6) is 1.68. The summed E-state index contributed by atoms with van der Waals surface area (Å²) < 4.78 is 0. The largest absolute Gasteiger partial charge is 0.481 e. The molecule has 1 N–H and O–H groups in total. The van der Waals surface area contributed by atoms with E-state index in [4.69, 9.17) is 5.11 Å². The third-order valence-electron chi connectivity index (χ3n) is 4.10. The van der Waals surface area contributed by atoms with Crippen LogP contribution in [0, 0.1) is 5.92 Å². The smallest absolute Gasteiger partial charge is 0.320 e. The van der Waals surface area contributed by atoms with Crippen LogP contribution in [0.4, 0.5) is 4.79 Å². The van der Waals surface area contributed by atoms with E-state index in [1.54, 1.807) is 0 Å². The van der Waals surface area contributed by atoms with Crippen molar-refractivity contribution in [3.05, 3.63) is 0 Å². The molecule has 2 saturated heterocycles. The average Bonchev–Trinajstić information content (AvgIpc) is 2.91. The first-order valence-corrected chi connectivity index (χ1v) is 8.04. The monoisotopic (exact) mass is 286 g/mol. The van der Waals surface area contributed by atoms with Crippen molar-refractivity contribution >= 4 is 23.8 Å². The van der Waals surface area contributed by atoms with Gasteiger partial charge in [-0.1, -0.05) is 0 Å². The molecule has 0 bridgehead atoms. The number of aliphatic carboxylic acids is 1. The van der Waals surface area contributed by atoms with Crippen molar-refractivity contribution in [2.45, 2.75) is 31.7 Å². The zero-order valence-electron chi connectivity index (χ0n) is 11.4. The number of amides is 2. The van der Waals surface area contributed by atoms with Gasteiger partial charge in [-0.15, -0.1) is 0 Å². The molecular formula is C13H22N2O3S. The molecule has 2 rings (SSSR count). The summed E-state index contributed by atoms with van der Waals surface area (Å²) in [5, 5.41) is 8.78. The van der Waals surface area contributed by atoms with Crippen molar-refractivity contribution in [1.82, 2.24) is 9.80 Å². The first kappa shape index (κ1) is 14.5. The molecule has 2 heterocycles. The predicted molar refractivity (Wildman–Crippen MR) is 75.4 cm³/mol. The van der Waals surface area contributed by atoms with Crippen molar-refractivity contribution in [3.63, 3.8) is 0 Å². The highest BCUT2D eigenvalue weighted by atomic mass is 32.2. The summed E-state index contributed by atoms with van der Waals surface area (Å²) in [5.41, 5.74) is 0. The summed E-state index contributed by atoms with van der Waals surface area (Å²) in [6.45, 7) is 1.39. The molecule has 108 valence electrons. The number of rotatable bonds is 3. The van der Waals surface area contributed by atoms with Gasteiger partial charge in [-0.3, -0.25) is 4.79 Å². The number of carboxylic acid groups (broad SMARTS) is 1. The summed E-state index contributed by atoms with van der Waals surface area (Å²) in [4.78, 5) is 26.8. The van der Waals surface area contributed by atoms with Crippen LogP contribution < -0.4 is 0 Å². The number of hydrogen-bond acceptors (Lipinski definition) is 3. The lowest BCUT2D eigenvalue weighted by Gasteiger charge is -2.36.